The number of hydrogen-bond acceptors (Lipinski definition) is 6. The van der Waals surface area contributed by atoms with Gasteiger partial charge in [0.1, 0.15) is 12.1 Å². The second-order valence-electron chi connectivity index (χ2n) is 7.19. The third-order valence-corrected chi connectivity index (χ3v) is 6.21. The number of nitrogens with two attached hydrogens (primary N) is 1. The molecule has 0 aliphatic rings. The average molecular weight is 467 g/mol. The summed E-state index contributed by atoms with van der Waals surface area (Å²) < 4.78 is 0. The van der Waals surface area contributed by atoms with Gasteiger partial charge in [-0.15, -0.1) is 0 Å². The van der Waals surface area contributed by atoms with Gasteiger partial charge in [-0.2, -0.15) is 23.5 Å². The van der Waals surface area contributed by atoms with Crippen LogP contribution in [0.3, 0.4) is 0 Å². The van der Waals surface area contributed by atoms with E-state index in [1.165, 1.54) is 11.8 Å². The van der Waals surface area contributed by atoms with Gasteiger partial charge in [0.15, 0.2) is 0 Å². The summed E-state index contributed by atoms with van der Waals surface area (Å²) in [5.74, 6) is -0.793. The van der Waals surface area contributed by atoms with Crippen LogP contribution in [0.25, 0.3) is 10.9 Å². The standard InChI is InChI=1S/C21H30N4O4S2/c1-30-9-7-17(20(27)25-18(21(28)29)8-10-31-2)24-19(26)15(22)11-13-12-23-16-6-4-3-5-14(13)16/h3-6,12,15,17-18,23H,7-11,22H2,1-2H3,(H,24,26)(H,25,27)(H,28,29). The first kappa shape index (κ1) is 25.1. The molecule has 0 saturated heterocycles. The number of benzene rings is 1. The van der Waals surface area contributed by atoms with Crippen LogP contribution in [-0.2, 0) is 20.8 Å². The van der Waals surface area contributed by atoms with Crippen molar-refractivity contribution in [1.82, 2.24) is 15.6 Å². The van der Waals surface area contributed by atoms with Crippen molar-refractivity contribution < 1.29 is 19.5 Å². The largest absolute Gasteiger partial charge is 0.480 e. The van der Waals surface area contributed by atoms with Crippen LogP contribution in [0.5, 0.6) is 0 Å². The van der Waals surface area contributed by atoms with Gasteiger partial charge < -0.3 is 26.5 Å². The smallest absolute Gasteiger partial charge is 0.326 e. The van der Waals surface area contributed by atoms with Gasteiger partial charge >= 0.3 is 5.97 Å². The second kappa shape index (κ2) is 12.6. The van der Waals surface area contributed by atoms with Crippen molar-refractivity contribution in [3.8, 4) is 0 Å². The van der Waals surface area contributed by atoms with Gasteiger partial charge in [-0.1, -0.05) is 18.2 Å². The van der Waals surface area contributed by atoms with Crippen molar-refractivity contribution in [1.29, 1.82) is 0 Å². The maximum Gasteiger partial charge on any atom is 0.326 e. The van der Waals surface area contributed by atoms with Crippen LogP contribution < -0.4 is 16.4 Å². The van der Waals surface area contributed by atoms with E-state index in [4.69, 9.17) is 5.73 Å². The highest BCUT2D eigenvalue weighted by molar-refractivity contribution is 7.98. The van der Waals surface area contributed by atoms with Crippen LogP contribution in [0.4, 0.5) is 0 Å². The number of para-hydroxylation sites is 1. The second-order valence-corrected chi connectivity index (χ2v) is 9.16. The molecule has 0 radical (unpaired) electrons. The Labute approximate surface area is 190 Å². The van der Waals surface area contributed by atoms with Gasteiger partial charge in [-0.3, -0.25) is 9.59 Å². The molecule has 2 aromatic rings. The minimum absolute atomic E-state index is 0.311. The van der Waals surface area contributed by atoms with Crippen molar-refractivity contribution in [2.45, 2.75) is 37.4 Å². The average Bonchev–Trinajstić information content (AvgIpc) is 3.16. The van der Waals surface area contributed by atoms with E-state index in [1.807, 2.05) is 43.0 Å². The number of carbonyl (C=O) groups excluding carboxylic acids is 2. The van der Waals surface area contributed by atoms with Gasteiger partial charge in [0.25, 0.3) is 0 Å². The van der Waals surface area contributed by atoms with Crippen molar-refractivity contribution in [3.05, 3.63) is 36.0 Å². The van der Waals surface area contributed by atoms with Gasteiger partial charge in [0.05, 0.1) is 6.04 Å². The molecule has 8 nitrogen and oxygen atoms in total. The Bertz CT molecular complexity index is 889. The topological polar surface area (TPSA) is 137 Å². The Balaban J connectivity index is 2.03. The van der Waals surface area contributed by atoms with Crippen LogP contribution in [0.1, 0.15) is 18.4 Å². The third-order valence-electron chi connectivity index (χ3n) is 4.92. The fourth-order valence-electron chi connectivity index (χ4n) is 3.18. The summed E-state index contributed by atoms with van der Waals surface area (Å²) in [4.78, 5) is 40.1. The van der Waals surface area contributed by atoms with Gasteiger partial charge in [-0.05, 0) is 54.9 Å². The number of aromatic amines is 1. The van der Waals surface area contributed by atoms with E-state index in [1.54, 1.807) is 11.8 Å². The van der Waals surface area contributed by atoms with E-state index in [0.29, 0.717) is 30.8 Å². The molecule has 31 heavy (non-hydrogen) atoms. The predicted molar refractivity (Wildman–Crippen MR) is 127 cm³/mol. The lowest BCUT2D eigenvalue weighted by atomic mass is 10.0. The number of rotatable bonds is 13. The summed E-state index contributed by atoms with van der Waals surface area (Å²) in [5, 5.41) is 15.6. The number of nitrogens with one attached hydrogen (secondary N) is 3. The molecule has 0 aliphatic heterocycles. The number of thioether (sulfide) groups is 2. The lowest BCUT2D eigenvalue weighted by molar-refractivity contribution is -0.142. The fraction of sp³-hybridized carbons (Fsp3) is 0.476. The number of carboxylic acids is 1. The molecule has 0 fully saturated rings. The number of carboxylic acid groups (broad SMARTS) is 1. The Morgan fingerprint density at radius 2 is 1.65 bits per heavy atom. The molecule has 170 valence electrons. The minimum atomic E-state index is -1.09. The summed E-state index contributed by atoms with van der Waals surface area (Å²) in [7, 11) is 0. The highest BCUT2D eigenvalue weighted by atomic mass is 32.2. The molecule has 3 atom stereocenters. The predicted octanol–water partition coefficient (Wildman–Crippen LogP) is 1.60. The Morgan fingerprint density at radius 1 is 1.03 bits per heavy atom. The first-order valence-corrected chi connectivity index (χ1v) is 12.8. The molecule has 6 N–H and O–H groups in total. The zero-order valence-corrected chi connectivity index (χ0v) is 19.4. The summed E-state index contributed by atoms with van der Waals surface area (Å²) in [6.07, 6.45) is 6.62. The molecule has 1 heterocycles. The first-order valence-electron chi connectivity index (χ1n) is 9.99. The normalized spacial score (nSPS) is 14.0. The molecule has 10 heteroatoms. The minimum Gasteiger partial charge on any atom is -0.480 e. The zero-order chi connectivity index (χ0) is 22.8. The molecule has 3 unspecified atom stereocenters. The number of amides is 2. The Hall–Kier alpha value is -2.17. The van der Waals surface area contributed by atoms with E-state index in [2.05, 4.69) is 15.6 Å². The quantitative estimate of drug-likeness (QED) is 0.302. The first-order chi connectivity index (χ1) is 14.9. The van der Waals surface area contributed by atoms with E-state index >= 15 is 0 Å². The maximum atomic E-state index is 12.7. The van der Waals surface area contributed by atoms with Crippen molar-refractivity contribution in [3.63, 3.8) is 0 Å². The summed E-state index contributed by atoms with van der Waals surface area (Å²) in [6, 6.07) is 5.08. The van der Waals surface area contributed by atoms with Crippen molar-refractivity contribution in [2.75, 3.05) is 24.0 Å². The molecule has 1 aromatic carbocycles. The summed E-state index contributed by atoms with van der Waals surface area (Å²) in [6.45, 7) is 0. The monoisotopic (exact) mass is 466 g/mol. The van der Waals surface area contributed by atoms with Crippen LogP contribution in [0.2, 0.25) is 0 Å². The number of hydrogen-bond donors (Lipinski definition) is 5. The summed E-state index contributed by atoms with van der Waals surface area (Å²) >= 11 is 3.05. The highest BCUT2D eigenvalue weighted by Crippen LogP contribution is 2.18. The maximum absolute atomic E-state index is 12.7. The fourth-order valence-corrected chi connectivity index (χ4v) is 4.12. The number of H-pyrrole nitrogens is 1. The number of carbonyl (C=O) groups is 3. The number of aromatic nitrogens is 1. The molecule has 2 amide bonds. The highest BCUT2D eigenvalue weighted by Gasteiger charge is 2.27. The third kappa shape index (κ3) is 7.48. The molecular formula is C21H30N4O4S2. The molecular weight excluding hydrogens is 436 g/mol. The van der Waals surface area contributed by atoms with Crippen LogP contribution in [0, 0.1) is 0 Å². The Morgan fingerprint density at radius 3 is 2.29 bits per heavy atom. The number of fused-ring (bicyclic) bond motifs is 1. The van der Waals surface area contributed by atoms with Gasteiger partial charge in [0, 0.05) is 17.1 Å². The lowest BCUT2D eigenvalue weighted by Gasteiger charge is -2.22. The van der Waals surface area contributed by atoms with E-state index in [0.717, 1.165) is 16.5 Å². The van der Waals surface area contributed by atoms with E-state index < -0.39 is 35.9 Å². The summed E-state index contributed by atoms with van der Waals surface area (Å²) in [5.41, 5.74) is 8.02. The van der Waals surface area contributed by atoms with Crippen LogP contribution in [-0.4, -0.2) is 70.0 Å². The molecule has 1 aromatic heterocycles. The Kier molecular flexibility index (Phi) is 10.2. The van der Waals surface area contributed by atoms with Crippen molar-refractivity contribution in [2.24, 2.45) is 5.73 Å². The molecule has 0 spiro atoms. The van der Waals surface area contributed by atoms with Crippen LogP contribution >= 0.6 is 23.5 Å². The van der Waals surface area contributed by atoms with Gasteiger partial charge in [0.2, 0.25) is 11.8 Å². The van der Waals surface area contributed by atoms with Crippen molar-refractivity contribution >= 4 is 52.2 Å². The lowest BCUT2D eigenvalue weighted by Crippen LogP contribution is -2.55. The molecule has 2 rings (SSSR count). The molecule has 0 aliphatic carbocycles. The zero-order valence-electron chi connectivity index (χ0n) is 17.7. The van der Waals surface area contributed by atoms with Crippen LogP contribution in [0.15, 0.2) is 30.5 Å². The molecule has 0 saturated carbocycles. The SMILES string of the molecule is CSCCC(NC(=O)C(CCSC)NC(=O)C(N)Cc1c[nH]c2ccccc12)C(=O)O. The molecule has 0 bridgehead atoms. The van der Waals surface area contributed by atoms with E-state index in [-0.39, 0.29) is 0 Å². The van der Waals surface area contributed by atoms with E-state index in [9.17, 15) is 19.5 Å². The number of aliphatic carboxylic acids is 1. The van der Waals surface area contributed by atoms with Gasteiger partial charge in [-0.25, -0.2) is 4.79 Å².